The molecule has 0 radical (unpaired) electrons. The molecule has 3 heteroatoms. The molecular formula is C24H19NO2. The number of hydrogen-bond acceptors (Lipinski definition) is 2. The Hall–Kier alpha value is -3.46. The molecule has 1 heterocycles. The van der Waals surface area contributed by atoms with E-state index >= 15 is 0 Å². The Labute approximate surface area is 158 Å². The summed E-state index contributed by atoms with van der Waals surface area (Å²) in [4.78, 5) is 27.2. The number of rotatable bonds is 2. The molecule has 0 saturated carbocycles. The van der Waals surface area contributed by atoms with E-state index in [2.05, 4.69) is 0 Å². The van der Waals surface area contributed by atoms with Gasteiger partial charge in [-0.1, -0.05) is 84.9 Å². The van der Waals surface area contributed by atoms with Gasteiger partial charge in [-0.05, 0) is 22.3 Å². The van der Waals surface area contributed by atoms with Crippen molar-refractivity contribution < 1.29 is 9.59 Å². The molecule has 0 aliphatic carbocycles. The lowest BCUT2D eigenvalue weighted by Crippen LogP contribution is -2.36. The molecule has 27 heavy (non-hydrogen) atoms. The number of carbonyl (C=O) groups is 2. The molecule has 0 N–H and O–H groups in total. The van der Waals surface area contributed by atoms with Crippen molar-refractivity contribution >= 4 is 23.0 Å². The standard InChI is InChI=1S/C24H19NO2/c1-25-21(26)16-19-14-8-9-15-20(19)22(17-10-4-2-5-11-17)23(24(25)27)18-12-6-3-7-13-18/h2-15H,16H2,1H3/b23-22-. The highest BCUT2D eigenvalue weighted by molar-refractivity contribution is 6.32. The van der Waals surface area contributed by atoms with E-state index < -0.39 is 0 Å². The molecule has 0 spiro atoms. The van der Waals surface area contributed by atoms with Crippen molar-refractivity contribution in [3.05, 3.63) is 107 Å². The second-order valence-corrected chi connectivity index (χ2v) is 6.57. The number of imide groups is 1. The molecule has 0 fully saturated rings. The number of amides is 2. The van der Waals surface area contributed by atoms with Crippen molar-refractivity contribution in [2.24, 2.45) is 0 Å². The Morgan fingerprint density at radius 3 is 1.81 bits per heavy atom. The number of nitrogens with zero attached hydrogens (tertiary/aromatic N) is 1. The van der Waals surface area contributed by atoms with Crippen LogP contribution in [0.15, 0.2) is 84.9 Å². The average molecular weight is 353 g/mol. The number of likely N-dealkylation sites (N-methyl/N-ethyl adjacent to an activating group) is 1. The number of benzene rings is 3. The van der Waals surface area contributed by atoms with Gasteiger partial charge in [0.2, 0.25) is 5.91 Å². The van der Waals surface area contributed by atoms with E-state index in [0.717, 1.165) is 27.8 Å². The SMILES string of the molecule is CN1C(=O)Cc2ccccc2/C(c2ccccc2)=C(/c2ccccc2)C1=O. The van der Waals surface area contributed by atoms with Gasteiger partial charge in [-0.15, -0.1) is 0 Å². The molecule has 0 bridgehead atoms. The molecule has 1 aliphatic rings. The van der Waals surface area contributed by atoms with Crippen LogP contribution in [0.5, 0.6) is 0 Å². The first kappa shape index (κ1) is 17.0. The highest BCUT2D eigenvalue weighted by Crippen LogP contribution is 2.36. The summed E-state index contributed by atoms with van der Waals surface area (Å²) in [7, 11) is 1.56. The zero-order valence-electron chi connectivity index (χ0n) is 15.1. The lowest BCUT2D eigenvalue weighted by Gasteiger charge is -2.26. The molecule has 132 valence electrons. The summed E-state index contributed by atoms with van der Waals surface area (Å²) in [5, 5.41) is 0. The fourth-order valence-corrected chi connectivity index (χ4v) is 3.50. The Morgan fingerprint density at radius 1 is 0.667 bits per heavy atom. The smallest absolute Gasteiger partial charge is 0.261 e. The monoisotopic (exact) mass is 353 g/mol. The number of fused-ring (bicyclic) bond motifs is 1. The third-order valence-electron chi connectivity index (χ3n) is 4.90. The maximum absolute atomic E-state index is 13.3. The van der Waals surface area contributed by atoms with Gasteiger partial charge in [-0.25, -0.2) is 0 Å². The van der Waals surface area contributed by atoms with E-state index in [0.29, 0.717) is 5.57 Å². The van der Waals surface area contributed by atoms with Gasteiger partial charge in [0.05, 0.1) is 12.0 Å². The van der Waals surface area contributed by atoms with E-state index in [1.54, 1.807) is 7.05 Å². The van der Waals surface area contributed by atoms with Crippen LogP contribution in [0.4, 0.5) is 0 Å². The summed E-state index contributed by atoms with van der Waals surface area (Å²) in [6.07, 6.45) is 0.205. The quantitative estimate of drug-likeness (QED) is 0.648. The van der Waals surface area contributed by atoms with Gasteiger partial charge in [-0.2, -0.15) is 0 Å². The lowest BCUT2D eigenvalue weighted by atomic mass is 9.84. The molecule has 0 unspecified atom stereocenters. The fourth-order valence-electron chi connectivity index (χ4n) is 3.50. The van der Waals surface area contributed by atoms with E-state index in [9.17, 15) is 9.59 Å². The highest BCUT2D eigenvalue weighted by Gasteiger charge is 2.30. The van der Waals surface area contributed by atoms with Crippen LogP contribution < -0.4 is 0 Å². The Kier molecular flexibility index (Phi) is 4.43. The number of carbonyl (C=O) groups excluding carboxylic acids is 2. The summed E-state index contributed by atoms with van der Waals surface area (Å²) >= 11 is 0. The van der Waals surface area contributed by atoms with Gasteiger partial charge >= 0.3 is 0 Å². The highest BCUT2D eigenvalue weighted by atomic mass is 16.2. The minimum absolute atomic E-state index is 0.201. The fraction of sp³-hybridized carbons (Fsp3) is 0.0833. The van der Waals surface area contributed by atoms with Crippen molar-refractivity contribution in [1.29, 1.82) is 0 Å². The van der Waals surface area contributed by atoms with E-state index in [-0.39, 0.29) is 18.2 Å². The minimum atomic E-state index is -0.278. The predicted octanol–water partition coefficient (Wildman–Crippen LogP) is 4.19. The zero-order chi connectivity index (χ0) is 18.8. The first-order valence-electron chi connectivity index (χ1n) is 8.91. The molecule has 4 rings (SSSR count). The van der Waals surface area contributed by atoms with Crippen LogP contribution in [0.2, 0.25) is 0 Å². The summed E-state index contributed by atoms with van der Waals surface area (Å²) in [5.41, 5.74) is 5.02. The first-order valence-corrected chi connectivity index (χ1v) is 8.91. The van der Waals surface area contributed by atoms with Crippen LogP contribution in [-0.4, -0.2) is 23.8 Å². The van der Waals surface area contributed by atoms with Crippen molar-refractivity contribution in [3.8, 4) is 0 Å². The molecule has 2 amide bonds. The normalized spacial score (nSPS) is 17.3. The Balaban J connectivity index is 2.13. The average Bonchev–Trinajstić information content (AvgIpc) is 2.72. The summed E-state index contributed by atoms with van der Waals surface area (Å²) in [6.45, 7) is 0. The van der Waals surface area contributed by atoms with Gasteiger partial charge < -0.3 is 0 Å². The molecule has 3 aromatic carbocycles. The van der Waals surface area contributed by atoms with Gasteiger partial charge in [0.15, 0.2) is 0 Å². The largest absolute Gasteiger partial charge is 0.281 e. The van der Waals surface area contributed by atoms with Gasteiger partial charge in [0.1, 0.15) is 0 Å². The zero-order valence-corrected chi connectivity index (χ0v) is 15.1. The van der Waals surface area contributed by atoms with Crippen LogP contribution in [0, 0.1) is 0 Å². The Bertz CT molecular complexity index is 1040. The maximum atomic E-state index is 13.3. The van der Waals surface area contributed by atoms with Crippen LogP contribution in [-0.2, 0) is 16.0 Å². The third-order valence-corrected chi connectivity index (χ3v) is 4.90. The maximum Gasteiger partial charge on any atom is 0.261 e. The second kappa shape index (κ2) is 7.04. The van der Waals surface area contributed by atoms with Crippen molar-refractivity contribution in [2.45, 2.75) is 6.42 Å². The second-order valence-electron chi connectivity index (χ2n) is 6.57. The lowest BCUT2D eigenvalue weighted by molar-refractivity contribution is -0.139. The molecular weight excluding hydrogens is 334 g/mol. The van der Waals surface area contributed by atoms with Gasteiger partial charge in [0.25, 0.3) is 5.91 Å². The minimum Gasteiger partial charge on any atom is -0.281 e. The van der Waals surface area contributed by atoms with Crippen LogP contribution >= 0.6 is 0 Å². The molecule has 0 aromatic heterocycles. The first-order chi connectivity index (χ1) is 13.2. The van der Waals surface area contributed by atoms with Crippen LogP contribution in [0.1, 0.15) is 22.3 Å². The van der Waals surface area contributed by atoms with Crippen LogP contribution in [0.3, 0.4) is 0 Å². The molecule has 3 nitrogen and oxygen atoms in total. The van der Waals surface area contributed by atoms with Gasteiger partial charge in [0, 0.05) is 12.6 Å². The summed E-state index contributed by atoms with van der Waals surface area (Å²) in [6, 6.07) is 27.3. The predicted molar refractivity (Wildman–Crippen MR) is 107 cm³/mol. The molecule has 0 saturated heterocycles. The van der Waals surface area contributed by atoms with Gasteiger partial charge in [-0.3, -0.25) is 14.5 Å². The Morgan fingerprint density at radius 2 is 1.19 bits per heavy atom. The van der Waals surface area contributed by atoms with Crippen molar-refractivity contribution in [3.63, 3.8) is 0 Å². The molecule has 0 atom stereocenters. The summed E-state index contributed by atoms with van der Waals surface area (Å²) < 4.78 is 0. The molecule has 1 aliphatic heterocycles. The summed E-state index contributed by atoms with van der Waals surface area (Å²) in [5.74, 6) is -0.479. The van der Waals surface area contributed by atoms with E-state index in [1.165, 1.54) is 4.90 Å². The molecule has 3 aromatic rings. The van der Waals surface area contributed by atoms with Crippen molar-refractivity contribution in [1.82, 2.24) is 4.90 Å². The van der Waals surface area contributed by atoms with Crippen molar-refractivity contribution in [2.75, 3.05) is 7.05 Å². The van der Waals surface area contributed by atoms with E-state index in [4.69, 9.17) is 0 Å². The number of hydrogen-bond donors (Lipinski definition) is 0. The van der Waals surface area contributed by atoms with Crippen LogP contribution in [0.25, 0.3) is 11.1 Å². The topological polar surface area (TPSA) is 37.4 Å². The third kappa shape index (κ3) is 3.08. The van der Waals surface area contributed by atoms with E-state index in [1.807, 2.05) is 84.9 Å².